The highest BCUT2D eigenvalue weighted by atomic mass is 79.9. The molecule has 9 heteroatoms. The van der Waals surface area contributed by atoms with Crippen molar-refractivity contribution >= 4 is 49.6 Å². The summed E-state index contributed by atoms with van der Waals surface area (Å²) in [5.74, 6) is 1.31. The third-order valence-electron chi connectivity index (χ3n) is 4.34. The zero-order valence-electron chi connectivity index (χ0n) is 14.9. The number of rotatable bonds is 3. The van der Waals surface area contributed by atoms with Crippen LogP contribution in [-0.4, -0.2) is 25.3 Å². The Morgan fingerprint density at radius 3 is 2.64 bits per heavy atom. The van der Waals surface area contributed by atoms with Gasteiger partial charge in [0.25, 0.3) is 0 Å². The number of halogens is 4. The molecule has 3 heterocycles. The second kappa shape index (κ2) is 7.04. The number of hydrogen-bond donors (Lipinski definition) is 0. The first kappa shape index (κ1) is 19.2. The molecule has 0 fully saturated rings. The largest absolute Gasteiger partial charge is 0.417 e. The monoisotopic (exact) mass is 466 g/mol. The van der Waals surface area contributed by atoms with Crippen molar-refractivity contribution in [2.45, 2.75) is 18.0 Å². The quantitative estimate of drug-likeness (QED) is 0.343. The van der Waals surface area contributed by atoms with E-state index in [1.165, 1.54) is 0 Å². The summed E-state index contributed by atoms with van der Waals surface area (Å²) in [5, 5.41) is 2.00. The Morgan fingerprint density at radius 2 is 1.93 bits per heavy atom. The van der Waals surface area contributed by atoms with Gasteiger partial charge in [0.1, 0.15) is 11.2 Å². The van der Waals surface area contributed by atoms with Crippen molar-refractivity contribution in [3.63, 3.8) is 0 Å². The molecule has 0 amide bonds. The number of aromatic nitrogens is 4. The Bertz CT molecular complexity index is 1200. The minimum absolute atomic E-state index is 0.192. The number of fused-ring (bicyclic) bond motifs is 2. The molecule has 0 saturated carbocycles. The Hall–Kier alpha value is -2.13. The van der Waals surface area contributed by atoms with Gasteiger partial charge in [0, 0.05) is 34.2 Å². The van der Waals surface area contributed by atoms with E-state index in [4.69, 9.17) is 0 Å². The van der Waals surface area contributed by atoms with Crippen LogP contribution in [0.2, 0.25) is 0 Å². The number of hydrogen-bond acceptors (Lipinski definition) is 4. The van der Waals surface area contributed by atoms with Crippen LogP contribution in [0.15, 0.2) is 46.0 Å². The van der Waals surface area contributed by atoms with Crippen molar-refractivity contribution in [1.29, 1.82) is 0 Å². The highest BCUT2D eigenvalue weighted by Crippen LogP contribution is 2.37. The fourth-order valence-electron chi connectivity index (χ4n) is 3.06. The first-order valence-electron chi connectivity index (χ1n) is 8.40. The lowest BCUT2D eigenvalue weighted by atomic mass is 10.1. The van der Waals surface area contributed by atoms with Crippen molar-refractivity contribution in [2.24, 2.45) is 7.05 Å². The molecule has 3 aromatic heterocycles. The van der Waals surface area contributed by atoms with E-state index in [-0.39, 0.29) is 5.52 Å². The Morgan fingerprint density at radius 1 is 1.14 bits per heavy atom. The maximum Gasteiger partial charge on any atom is 0.417 e. The third-order valence-corrected chi connectivity index (χ3v) is 5.83. The van der Waals surface area contributed by atoms with E-state index >= 15 is 0 Å². The molecule has 0 bridgehead atoms. The SMILES string of the molecule is CCSc1c(-c2nc3cc(C(F)(F)F)cnc3n2C)ncc2cc(Br)ccc12. The highest BCUT2D eigenvalue weighted by Gasteiger charge is 2.32. The number of pyridine rings is 2. The summed E-state index contributed by atoms with van der Waals surface area (Å²) in [5.41, 5.74) is 0.394. The van der Waals surface area contributed by atoms with Gasteiger partial charge in [0.05, 0.1) is 5.56 Å². The summed E-state index contributed by atoms with van der Waals surface area (Å²) >= 11 is 5.09. The van der Waals surface area contributed by atoms with Crippen LogP contribution in [0.5, 0.6) is 0 Å². The normalized spacial score (nSPS) is 12.2. The molecule has 1 aromatic carbocycles. The van der Waals surface area contributed by atoms with E-state index in [1.54, 1.807) is 29.6 Å². The van der Waals surface area contributed by atoms with Crippen LogP contribution < -0.4 is 0 Å². The van der Waals surface area contributed by atoms with Crippen molar-refractivity contribution in [1.82, 2.24) is 19.5 Å². The van der Waals surface area contributed by atoms with Gasteiger partial charge in [-0.2, -0.15) is 13.2 Å². The molecule has 4 aromatic rings. The molecule has 0 atom stereocenters. The van der Waals surface area contributed by atoms with E-state index in [9.17, 15) is 13.2 Å². The second-order valence-electron chi connectivity index (χ2n) is 6.16. The van der Waals surface area contributed by atoms with Crippen molar-refractivity contribution in [3.8, 4) is 11.5 Å². The maximum absolute atomic E-state index is 13.0. The molecule has 0 unspecified atom stereocenters. The Kier molecular flexibility index (Phi) is 4.83. The van der Waals surface area contributed by atoms with Crippen molar-refractivity contribution in [3.05, 3.63) is 46.7 Å². The molecule has 0 radical (unpaired) electrons. The topological polar surface area (TPSA) is 43.6 Å². The average molecular weight is 467 g/mol. The third kappa shape index (κ3) is 3.26. The minimum Gasteiger partial charge on any atom is -0.310 e. The van der Waals surface area contributed by atoms with Crippen LogP contribution in [0.25, 0.3) is 33.5 Å². The van der Waals surface area contributed by atoms with Crippen LogP contribution in [0.3, 0.4) is 0 Å². The number of alkyl halides is 3. The molecule has 0 saturated heterocycles. The summed E-state index contributed by atoms with van der Waals surface area (Å²) in [6, 6.07) is 6.97. The molecular formula is C19H14BrF3N4S. The predicted octanol–water partition coefficient (Wildman–Crippen LogP) is 6.08. The molecule has 4 nitrogen and oxygen atoms in total. The van der Waals surface area contributed by atoms with E-state index in [0.717, 1.165) is 38.2 Å². The minimum atomic E-state index is -4.46. The predicted molar refractivity (Wildman–Crippen MR) is 108 cm³/mol. The van der Waals surface area contributed by atoms with E-state index in [1.807, 2.05) is 25.1 Å². The lowest BCUT2D eigenvalue weighted by Gasteiger charge is -2.11. The standard InChI is InChI=1S/C19H14BrF3N4S/c1-3-28-16-13-5-4-12(20)6-10(13)8-24-15(16)18-26-14-7-11(19(21,22)23)9-25-17(14)27(18)2/h4-9H,3H2,1-2H3. The number of imidazole rings is 1. The molecule has 144 valence electrons. The molecular weight excluding hydrogens is 453 g/mol. The number of aryl methyl sites for hydroxylation is 1. The average Bonchev–Trinajstić information content (AvgIpc) is 2.97. The van der Waals surface area contributed by atoms with E-state index < -0.39 is 11.7 Å². The van der Waals surface area contributed by atoms with Crippen LogP contribution >= 0.6 is 27.7 Å². The van der Waals surface area contributed by atoms with Crippen LogP contribution in [-0.2, 0) is 13.2 Å². The molecule has 0 aliphatic rings. The number of thioether (sulfide) groups is 1. The van der Waals surface area contributed by atoms with Gasteiger partial charge in [0.15, 0.2) is 11.5 Å². The Labute approximate surface area is 171 Å². The molecule has 0 aliphatic carbocycles. The number of nitrogens with zero attached hydrogens (tertiary/aromatic N) is 4. The summed E-state index contributed by atoms with van der Waals surface area (Å²) in [6.45, 7) is 2.04. The Balaban J connectivity index is 1.96. The zero-order valence-corrected chi connectivity index (χ0v) is 17.3. The van der Waals surface area contributed by atoms with Gasteiger partial charge in [-0.25, -0.2) is 9.97 Å². The fourth-order valence-corrected chi connectivity index (χ4v) is 4.35. The molecule has 28 heavy (non-hydrogen) atoms. The van der Waals surface area contributed by atoms with Crippen LogP contribution in [0.1, 0.15) is 12.5 Å². The van der Waals surface area contributed by atoms with E-state index in [0.29, 0.717) is 17.2 Å². The lowest BCUT2D eigenvalue weighted by molar-refractivity contribution is -0.137. The van der Waals surface area contributed by atoms with Gasteiger partial charge in [-0.15, -0.1) is 11.8 Å². The van der Waals surface area contributed by atoms with Crippen LogP contribution in [0, 0.1) is 0 Å². The van der Waals surface area contributed by atoms with Crippen molar-refractivity contribution in [2.75, 3.05) is 5.75 Å². The molecule has 0 N–H and O–H groups in total. The lowest BCUT2D eigenvalue weighted by Crippen LogP contribution is -2.05. The van der Waals surface area contributed by atoms with Gasteiger partial charge in [-0.3, -0.25) is 4.98 Å². The maximum atomic E-state index is 13.0. The molecule has 0 spiro atoms. The van der Waals surface area contributed by atoms with E-state index in [2.05, 4.69) is 30.9 Å². The fraction of sp³-hybridized carbons (Fsp3) is 0.211. The van der Waals surface area contributed by atoms with Crippen molar-refractivity contribution < 1.29 is 13.2 Å². The molecule has 0 aliphatic heterocycles. The van der Waals surface area contributed by atoms with Gasteiger partial charge in [0.2, 0.25) is 0 Å². The molecule has 4 rings (SSSR count). The van der Waals surface area contributed by atoms with Gasteiger partial charge in [-0.1, -0.05) is 28.9 Å². The van der Waals surface area contributed by atoms with Gasteiger partial charge >= 0.3 is 6.18 Å². The number of benzene rings is 1. The van der Waals surface area contributed by atoms with Crippen LogP contribution in [0.4, 0.5) is 13.2 Å². The first-order valence-corrected chi connectivity index (χ1v) is 10.2. The van der Waals surface area contributed by atoms with Gasteiger partial charge < -0.3 is 4.57 Å². The summed E-state index contributed by atoms with van der Waals surface area (Å²) in [6.07, 6.45) is -1.87. The summed E-state index contributed by atoms with van der Waals surface area (Å²) in [7, 11) is 1.73. The smallest absolute Gasteiger partial charge is 0.310 e. The zero-order chi connectivity index (χ0) is 20.1. The summed E-state index contributed by atoms with van der Waals surface area (Å²) in [4.78, 5) is 14.0. The highest BCUT2D eigenvalue weighted by molar-refractivity contribution is 9.10. The summed E-state index contributed by atoms with van der Waals surface area (Å²) < 4.78 is 41.7. The first-order chi connectivity index (χ1) is 13.3. The van der Waals surface area contributed by atoms with Gasteiger partial charge in [-0.05, 0) is 29.3 Å². The second-order valence-corrected chi connectivity index (χ2v) is 8.35.